The van der Waals surface area contributed by atoms with Crippen LogP contribution >= 0.6 is 0 Å². The van der Waals surface area contributed by atoms with Gasteiger partial charge in [0, 0.05) is 5.56 Å². The number of rotatable bonds is 8. The van der Waals surface area contributed by atoms with Crippen molar-refractivity contribution < 1.29 is 22.3 Å². The molecule has 190 valence electrons. The Hall–Kier alpha value is -2.92. The highest BCUT2D eigenvalue weighted by molar-refractivity contribution is 5.71. The number of benzene rings is 3. The van der Waals surface area contributed by atoms with Gasteiger partial charge >= 0.3 is 6.11 Å². The van der Waals surface area contributed by atoms with E-state index in [1.807, 2.05) is 31.2 Å². The van der Waals surface area contributed by atoms with Crippen LogP contribution in [0.3, 0.4) is 0 Å². The highest BCUT2D eigenvalue weighted by atomic mass is 19.3. The molecule has 1 nitrogen and oxygen atoms in total. The third-order valence-corrected chi connectivity index (χ3v) is 6.96. The molecule has 0 aromatic heterocycles. The number of ether oxygens (including phenoxy) is 1. The van der Waals surface area contributed by atoms with E-state index < -0.39 is 29.4 Å². The van der Waals surface area contributed by atoms with Gasteiger partial charge in [-0.2, -0.15) is 8.78 Å². The van der Waals surface area contributed by atoms with Crippen LogP contribution in [-0.2, 0) is 17.3 Å². The van der Waals surface area contributed by atoms with Gasteiger partial charge in [-0.15, -0.1) is 0 Å². The summed E-state index contributed by atoms with van der Waals surface area (Å²) in [6.45, 7) is 4.13. The van der Waals surface area contributed by atoms with E-state index >= 15 is 0 Å². The lowest BCUT2D eigenvalue weighted by atomic mass is 9.87. The minimum atomic E-state index is -3.91. The summed E-state index contributed by atoms with van der Waals surface area (Å²) < 4.78 is 64.6. The molecule has 1 fully saturated rings. The van der Waals surface area contributed by atoms with Crippen molar-refractivity contribution in [3.8, 4) is 22.3 Å². The van der Waals surface area contributed by atoms with Gasteiger partial charge in [-0.1, -0.05) is 80.6 Å². The molecule has 3 aromatic carbocycles. The average molecular weight is 497 g/mol. The van der Waals surface area contributed by atoms with Crippen LogP contribution in [0.1, 0.15) is 57.1 Å². The maximum Gasteiger partial charge on any atom is 0.386 e. The molecule has 5 heteroatoms. The van der Waals surface area contributed by atoms with Gasteiger partial charge in [0.1, 0.15) is 0 Å². The monoisotopic (exact) mass is 496 g/mol. The van der Waals surface area contributed by atoms with Crippen LogP contribution in [0.15, 0.2) is 72.8 Å². The van der Waals surface area contributed by atoms with Crippen LogP contribution in [-0.4, -0.2) is 6.10 Å². The van der Waals surface area contributed by atoms with Crippen molar-refractivity contribution in [1.82, 2.24) is 0 Å². The standard InChI is InChI=1S/C31H32F4O/c1-3-5-6-22-9-17-26(18-10-22)36-31(34,35)28-20-19-27(29(32)30(28)33)25-15-13-24(14-16-25)23-11-7-21(4-2)8-12-23/h5-8,11-16,19-20,22,26H,3-4,9-10,17-18H2,1-2H3. The van der Waals surface area contributed by atoms with E-state index in [9.17, 15) is 17.6 Å². The summed E-state index contributed by atoms with van der Waals surface area (Å²) in [7, 11) is 0. The van der Waals surface area contributed by atoms with E-state index in [1.54, 1.807) is 12.1 Å². The molecule has 36 heavy (non-hydrogen) atoms. The topological polar surface area (TPSA) is 9.23 Å². The number of halogens is 4. The quantitative estimate of drug-likeness (QED) is 0.223. The Balaban J connectivity index is 1.48. The van der Waals surface area contributed by atoms with E-state index in [2.05, 4.69) is 31.2 Å². The molecule has 0 amide bonds. The van der Waals surface area contributed by atoms with Crippen molar-refractivity contribution in [1.29, 1.82) is 0 Å². The predicted octanol–water partition coefficient (Wildman–Crippen LogP) is 9.45. The van der Waals surface area contributed by atoms with Gasteiger partial charge in [-0.25, -0.2) is 8.78 Å². The summed E-state index contributed by atoms with van der Waals surface area (Å²) in [4.78, 5) is 0. The van der Waals surface area contributed by atoms with Crippen LogP contribution in [0.4, 0.5) is 17.6 Å². The van der Waals surface area contributed by atoms with Gasteiger partial charge in [0.25, 0.3) is 0 Å². The van der Waals surface area contributed by atoms with Crippen molar-refractivity contribution in [2.45, 2.75) is 64.6 Å². The number of hydrogen-bond donors (Lipinski definition) is 0. The Kier molecular flexibility index (Phi) is 8.30. The first kappa shape index (κ1) is 26.2. The van der Waals surface area contributed by atoms with Crippen LogP contribution in [0.2, 0.25) is 0 Å². The maximum absolute atomic E-state index is 15.0. The molecule has 0 atom stereocenters. The molecule has 0 N–H and O–H groups in total. The number of allylic oxidation sites excluding steroid dienone is 2. The Labute approximate surface area is 210 Å². The minimum Gasteiger partial charge on any atom is -0.313 e. The fourth-order valence-corrected chi connectivity index (χ4v) is 4.77. The van der Waals surface area contributed by atoms with Gasteiger partial charge in [0.15, 0.2) is 11.6 Å². The Bertz CT molecular complexity index is 1170. The average Bonchev–Trinajstić information content (AvgIpc) is 2.89. The fraction of sp³-hybridized carbons (Fsp3) is 0.355. The Morgan fingerprint density at radius 1 is 0.778 bits per heavy atom. The second-order valence-corrected chi connectivity index (χ2v) is 9.42. The lowest BCUT2D eigenvalue weighted by Gasteiger charge is -2.30. The largest absolute Gasteiger partial charge is 0.386 e. The van der Waals surface area contributed by atoms with Gasteiger partial charge in [-0.3, -0.25) is 0 Å². The second kappa shape index (κ2) is 11.4. The van der Waals surface area contributed by atoms with Gasteiger partial charge in [0.2, 0.25) is 0 Å². The highest BCUT2D eigenvalue weighted by Crippen LogP contribution is 2.39. The lowest BCUT2D eigenvalue weighted by molar-refractivity contribution is -0.279. The number of aryl methyl sites for hydroxylation is 1. The summed E-state index contributed by atoms with van der Waals surface area (Å²) >= 11 is 0. The van der Waals surface area contributed by atoms with Crippen molar-refractivity contribution >= 4 is 0 Å². The van der Waals surface area contributed by atoms with Crippen molar-refractivity contribution in [3.05, 3.63) is 95.6 Å². The van der Waals surface area contributed by atoms with Crippen molar-refractivity contribution in [2.24, 2.45) is 5.92 Å². The summed E-state index contributed by atoms with van der Waals surface area (Å²) in [5, 5.41) is 0. The zero-order valence-corrected chi connectivity index (χ0v) is 20.7. The zero-order valence-electron chi connectivity index (χ0n) is 20.7. The van der Waals surface area contributed by atoms with Crippen LogP contribution in [0.5, 0.6) is 0 Å². The molecule has 0 heterocycles. The van der Waals surface area contributed by atoms with Crippen molar-refractivity contribution in [3.63, 3.8) is 0 Å². The molecule has 1 aliphatic carbocycles. The van der Waals surface area contributed by atoms with Gasteiger partial charge < -0.3 is 4.74 Å². The summed E-state index contributed by atoms with van der Waals surface area (Å²) in [5.74, 6) is -2.52. The molecule has 3 aromatic rings. The first-order valence-corrected chi connectivity index (χ1v) is 12.7. The Morgan fingerprint density at radius 2 is 1.36 bits per heavy atom. The smallest absolute Gasteiger partial charge is 0.313 e. The lowest BCUT2D eigenvalue weighted by Crippen LogP contribution is -2.30. The van der Waals surface area contributed by atoms with E-state index in [1.165, 1.54) is 11.6 Å². The second-order valence-electron chi connectivity index (χ2n) is 9.42. The van der Waals surface area contributed by atoms with Gasteiger partial charge in [0.05, 0.1) is 11.7 Å². The van der Waals surface area contributed by atoms with E-state index in [-0.39, 0.29) is 5.56 Å². The minimum absolute atomic E-state index is 0.0665. The molecule has 1 saturated carbocycles. The molecule has 0 bridgehead atoms. The molecular weight excluding hydrogens is 464 g/mol. The highest BCUT2D eigenvalue weighted by Gasteiger charge is 2.41. The zero-order chi connectivity index (χ0) is 25.7. The first-order valence-electron chi connectivity index (χ1n) is 12.7. The van der Waals surface area contributed by atoms with E-state index in [4.69, 9.17) is 4.74 Å². The van der Waals surface area contributed by atoms with Gasteiger partial charge in [-0.05, 0) is 72.8 Å². The molecule has 0 unspecified atom stereocenters. The van der Waals surface area contributed by atoms with Crippen molar-refractivity contribution in [2.75, 3.05) is 0 Å². The summed E-state index contributed by atoms with van der Waals surface area (Å²) in [6.07, 6.45) is 3.90. The molecule has 0 radical (unpaired) electrons. The van der Waals surface area contributed by atoms with E-state index in [0.29, 0.717) is 24.3 Å². The molecule has 0 aliphatic heterocycles. The van der Waals surface area contributed by atoms with Crippen LogP contribution in [0, 0.1) is 17.6 Å². The third kappa shape index (κ3) is 5.89. The Morgan fingerprint density at radius 3 is 1.94 bits per heavy atom. The molecule has 0 spiro atoms. The molecule has 4 rings (SSSR count). The summed E-state index contributed by atoms with van der Waals surface area (Å²) in [6, 6.07) is 17.2. The predicted molar refractivity (Wildman–Crippen MR) is 137 cm³/mol. The van der Waals surface area contributed by atoms with Crippen LogP contribution in [0.25, 0.3) is 22.3 Å². The number of alkyl halides is 2. The molecule has 1 aliphatic rings. The van der Waals surface area contributed by atoms with E-state index in [0.717, 1.165) is 42.9 Å². The SMILES string of the molecule is CCC=CC1CCC(OC(F)(F)c2ccc(-c3ccc(-c4ccc(CC)cc4)cc3)c(F)c2F)CC1. The molecule has 0 saturated heterocycles. The molecular formula is C31H32F4O. The normalized spacial score (nSPS) is 18.6. The first-order chi connectivity index (χ1) is 17.3. The third-order valence-electron chi connectivity index (χ3n) is 6.96. The fourth-order valence-electron chi connectivity index (χ4n) is 4.77. The van der Waals surface area contributed by atoms with Crippen LogP contribution < -0.4 is 0 Å². The maximum atomic E-state index is 15.0. The number of hydrogen-bond acceptors (Lipinski definition) is 1. The summed E-state index contributed by atoms with van der Waals surface area (Å²) in [5.41, 5.74) is 2.44.